The Morgan fingerprint density at radius 2 is 2.55 bits per heavy atom. The van der Waals surface area contributed by atoms with E-state index >= 15 is 0 Å². The van der Waals surface area contributed by atoms with Gasteiger partial charge in [0.15, 0.2) is 6.10 Å². The first-order valence-corrected chi connectivity index (χ1v) is 3.75. The van der Waals surface area contributed by atoms with E-state index in [1.165, 1.54) is 7.11 Å². The zero-order chi connectivity index (χ0) is 8.27. The minimum Gasteiger partial charge on any atom is -0.467 e. The molecule has 11 heavy (non-hydrogen) atoms. The monoisotopic (exact) mass is 159 g/mol. The number of aliphatic hydroxyl groups excluding tert-OH is 1. The second kappa shape index (κ2) is 3.69. The number of ether oxygens (including phenoxy) is 1. The van der Waals surface area contributed by atoms with Gasteiger partial charge < -0.3 is 15.2 Å². The van der Waals surface area contributed by atoms with Crippen molar-refractivity contribution in [2.45, 2.75) is 25.0 Å². The Morgan fingerprint density at radius 1 is 1.82 bits per heavy atom. The van der Waals surface area contributed by atoms with E-state index in [9.17, 15) is 9.90 Å². The van der Waals surface area contributed by atoms with Crippen LogP contribution in [0.1, 0.15) is 12.8 Å². The van der Waals surface area contributed by atoms with E-state index < -0.39 is 12.1 Å². The first-order chi connectivity index (χ1) is 5.25. The average Bonchev–Trinajstić information content (AvgIpc) is 2.53. The molecule has 4 heteroatoms. The molecule has 2 atom stereocenters. The van der Waals surface area contributed by atoms with E-state index in [1.54, 1.807) is 0 Å². The van der Waals surface area contributed by atoms with Gasteiger partial charge in [-0.25, -0.2) is 4.79 Å². The molecule has 1 aliphatic rings. The highest BCUT2D eigenvalue weighted by Gasteiger charge is 2.28. The predicted molar refractivity (Wildman–Crippen MR) is 39.0 cm³/mol. The van der Waals surface area contributed by atoms with Crippen molar-refractivity contribution >= 4 is 5.97 Å². The molecule has 1 fully saturated rings. The lowest BCUT2D eigenvalue weighted by Crippen LogP contribution is -2.40. The Hall–Kier alpha value is -0.610. The van der Waals surface area contributed by atoms with Crippen LogP contribution < -0.4 is 5.32 Å². The molecule has 1 saturated heterocycles. The summed E-state index contributed by atoms with van der Waals surface area (Å²) < 4.78 is 4.40. The highest BCUT2D eigenvalue weighted by atomic mass is 16.5. The molecule has 0 aromatic carbocycles. The Bertz CT molecular complexity index is 143. The number of rotatable bonds is 2. The van der Waals surface area contributed by atoms with Gasteiger partial charge in [-0.1, -0.05) is 0 Å². The summed E-state index contributed by atoms with van der Waals surface area (Å²) in [6.45, 7) is 0.874. The molecule has 1 rings (SSSR count). The number of hydrogen-bond acceptors (Lipinski definition) is 4. The molecule has 1 heterocycles. The summed E-state index contributed by atoms with van der Waals surface area (Å²) in [6, 6.07) is -0.109. The second-order valence-electron chi connectivity index (χ2n) is 2.67. The summed E-state index contributed by atoms with van der Waals surface area (Å²) in [7, 11) is 1.28. The largest absolute Gasteiger partial charge is 0.467 e. The molecule has 0 aliphatic carbocycles. The smallest absolute Gasteiger partial charge is 0.336 e. The van der Waals surface area contributed by atoms with Crippen LogP contribution in [0.4, 0.5) is 0 Å². The Kier molecular flexibility index (Phi) is 2.84. The third-order valence-electron chi connectivity index (χ3n) is 1.92. The van der Waals surface area contributed by atoms with Crippen molar-refractivity contribution in [1.29, 1.82) is 0 Å². The van der Waals surface area contributed by atoms with Crippen molar-refractivity contribution in [1.82, 2.24) is 5.32 Å². The number of methoxy groups -OCH3 is 1. The Morgan fingerprint density at radius 3 is 3.00 bits per heavy atom. The Balaban J connectivity index is 2.39. The van der Waals surface area contributed by atoms with Crippen LogP contribution in [0, 0.1) is 0 Å². The molecular formula is C7H13NO3. The molecule has 4 nitrogen and oxygen atoms in total. The molecular weight excluding hydrogens is 146 g/mol. The van der Waals surface area contributed by atoms with Crippen molar-refractivity contribution in [2.24, 2.45) is 0 Å². The van der Waals surface area contributed by atoms with E-state index in [0.29, 0.717) is 0 Å². The van der Waals surface area contributed by atoms with Crippen LogP contribution in [0.15, 0.2) is 0 Å². The molecule has 0 saturated carbocycles. The van der Waals surface area contributed by atoms with Gasteiger partial charge in [-0.3, -0.25) is 0 Å². The quantitative estimate of drug-likeness (QED) is 0.522. The summed E-state index contributed by atoms with van der Waals surface area (Å²) in [5.41, 5.74) is 0. The number of nitrogens with one attached hydrogen (secondary N) is 1. The molecule has 0 aromatic rings. The lowest BCUT2D eigenvalue weighted by Gasteiger charge is -2.14. The fraction of sp³-hybridized carbons (Fsp3) is 0.857. The van der Waals surface area contributed by atoms with Crippen LogP contribution in [0.3, 0.4) is 0 Å². The minimum atomic E-state index is -0.998. The van der Waals surface area contributed by atoms with Crippen LogP contribution >= 0.6 is 0 Å². The zero-order valence-corrected chi connectivity index (χ0v) is 6.54. The molecule has 0 bridgehead atoms. The van der Waals surface area contributed by atoms with Crippen molar-refractivity contribution in [3.8, 4) is 0 Å². The third kappa shape index (κ3) is 1.91. The molecule has 0 spiro atoms. The normalized spacial score (nSPS) is 26.5. The van der Waals surface area contributed by atoms with Crippen LogP contribution in [0.25, 0.3) is 0 Å². The molecule has 1 aliphatic heterocycles. The van der Waals surface area contributed by atoms with E-state index in [0.717, 1.165) is 19.4 Å². The number of hydrogen-bond donors (Lipinski definition) is 2. The highest BCUT2D eigenvalue weighted by molar-refractivity contribution is 5.75. The maximum absolute atomic E-state index is 10.8. The topological polar surface area (TPSA) is 58.6 Å². The van der Waals surface area contributed by atoms with Crippen molar-refractivity contribution in [3.63, 3.8) is 0 Å². The van der Waals surface area contributed by atoms with Crippen LogP contribution in [-0.2, 0) is 9.53 Å². The minimum absolute atomic E-state index is 0.109. The van der Waals surface area contributed by atoms with Gasteiger partial charge >= 0.3 is 5.97 Å². The predicted octanol–water partition coefficient (Wildman–Crippen LogP) is -0.728. The fourth-order valence-corrected chi connectivity index (χ4v) is 1.27. The summed E-state index contributed by atoms with van der Waals surface area (Å²) in [4.78, 5) is 10.8. The number of aliphatic hydroxyl groups is 1. The molecule has 0 amide bonds. The fourth-order valence-electron chi connectivity index (χ4n) is 1.27. The van der Waals surface area contributed by atoms with Crippen LogP contribution in [-0.4, -0.2) is 36.9 Å². The average molecular weight is 159 g/mol. The maximum Gasteiger partial charge on any atom is 0.336 e. The van der Waals surface area contributed by atoms with Crippen molar-refractivity contribution in [2.75, 3.05) is 13.7 Å². The summed E-state index contributed by atoms with van der Waals surface area (Å²) in [5.74, 6) is -0.551. The van der Waals surface area contributed by atoms with Gasteiger partial charge in [-0.15, -0.1) is 0 Å². The number of carbonyl (C=O) groups excluding carboxylic acids is 1. The first kappa shape index (κ1) is 8.49. The van der Waals surface area contributed by atoms with E-state index in [2.05, 4.69) is 10.1 Å². The van der Waals surface area contributed by atoms with Gasteiger partial charge in [0, 0.05) is 6.04 Å². The maximum atomic E-state index is 10.8. The van der Waals surface area contributed by atoms with E-state index in [1.807, 2.05) is 0 Å². The van der Waals surface area contributed by atoms with Gasteiger partial charge in [0.1, 0.15) is 0 Å². The highest BCUT2D eigenvalue weighted by Crippen LogP contribution is 2.09. The second-order valence-corrected chi connectivity index (χ2v) is 2.67. The lowest BCUT2D eigenvalue weighted by molar-refractivity contribution is -0.151. The number of carbonyl (C=O) groups is 1. The van der Waals surface area contributed by atoms with Crippen LogP contribution in [0.5, 0.6) is 0 Å². The van der Waals surface area contributed by atoms with E-state index in [4.69, 9.17) is 0 Å². The van der Waals surface area contributed by atoms with Gasteiger partial charge in [-0.2, -0.15) is 0 Å². The number of esters is 1. The van der Waals surface area contributed by atoms with Gasteiger partial charge in [0.2, 0.25) is 0 Å². The summed E-state index contributed by atoms with van der Waals surface area (Å²) in [6.07, 6.45) is 0.858. The van der Waals surface area contributed by atoms with Crippen LogP contribution in [0.2, 0.25) is 0 Å². The van der Waals surface area contributed by atoms with Gasteiger partial charge in [0.05, 0.1) is 7.11 Å². The van der Waals surface area contributed by atoms with Crippen molar-refractivity contribution < 1.29 is 14.6 Å². The summed E-state index contributed by atoms with van der Waals surface area (Å²) in [5, 5.41) is 12.3. The third-order valence-corrected chi connectivity index (χ3v) is 1.92. The molecule has 64 valence electrons. The zero-order valence-electron chi connectivity index (χ0n) is 6.54. The van der Waals surface area contributed by atoms with Gasteiger partial charge in [-0.05, 0) is 19.4 Å². The molecule has 0 aromatic heterocycles. The van der Waals surface area contributed by atoms with Crippen molar-refractivity contribution in [3.05, 3.63) is 0 Å². The van der Waals surface area contributed by atoms with Gasteiger partial charge in [0.25, 0.3) is 0 Å². The standard InChI is InChI=1S/C7H13NO3/c1-11-7(10)6(9)5-3-2-4-8-5/h5-6,8-9H,2-4H2,1H3/t5-,6?/m0/s1. The molecule has 1 unspecified atom stereocenters. The molecule has 2 N–H and O–H groups in total. The first-order valence-electron chi connectivity index (χ1n) is 3.75. The summed E-state index contributed by atoms with van der Waals surface area (Å²) >= 11 is 0. The molecule has 0 radical (unpaired) electrons. The SMILES string of the molecule is COC(=O)C(O)[C@@H]1CCCN1. The van der Waals surface area contributed by atoms with E-state index in [-0.39, 0.29) is 6.04 Å². The Labute approximate surface area is 65.5 Å². The lowest BCUT2D eigenvalue weighted by atomic mass is 10.1.